The van der Waals surface area contributed by atoms with E-state index < -0.39 is 10.0 Å². The number of Topliss-reactive ketones (excluding diaryl/α,β-unsaturated/α-hetero) is 1. The lowest BCUT2D eigenvalue weighted by Crippen LogP contribution is -2.13. The molecule has 0 amide bonds. The van der Waals surface area contributed by atoms with Crippen LogP contribution in [0, 0.1) is 0 Å². The molecule has 1 N–H and O–H groups in total. The van der Waals surface area contributed by atoms with Crippen LogP contribution in [0.4, 0.5) is 5.69 Å². The zero-order valence-electron chi connectivity index (χ0n) is 13.0. The SMILES string of the molecule is COc1cc(NS(=O)(=O)c2ccc(C(C)=O)cc2)cc(OC)c1. The van der Waals surface area contributed by atoms with E-state index in [-0.39, 0.29) is 10.7 Å². The van der Waals surface area contributed by atoms with Gasteiger partial charge in [-0.25, -0.2) is 8.42 Å². The van der Waals surface area contributed by atoms with Gasteiger partial charge in [-0.1, -0.05) is 12.1 Å². The summed E-state index contributed by atoms with van der Waals surface area (Å²) in [4.78, 5) is 11.3. The summed E-state index contributed by atoms with van der Waals surface area (Å²) in [5.41, 5.74) is 0.767. The number of benzene rings is 2. The Bertz CT molecular complexity index is 791. The summed E-state index contributed by atoms with van der Waals surface area (Å²) in [6, 6.07) is 10.5. The molecule has 7 heteroatoms. The Morgan fingerprint density at radius 2 is 1.48 bits per heavy atom. The van der Waals surface area contributed by atoms with E-state index in [9.17, 15) is 13.2 Å². The molecular formula is C16H17NO5S. The van der Waals surface area contributed by atoms with Crippen LogP contribution in [-0.4, -0.2) is 28.4 Å². The standard InChI is InChI=1S/C16H17NO5S/c1-11(18)12-4-6-16(7-5-12)23(19,20)17-13-8-14(21-2)10-15(9-13)22-3/h4-10,17H,1-3H3. The number of sulfonamides is 1. The lowest BCUT2D eigenvalue weighted by Gasteiger charge is -2.11. The molecule has 0 unspecified atom stereocenters. The van der Waals surface area contributed by atoms with E-state index in [1.807, 2.05) is 0 Å². The zero-order valence-corrected chi connectivity index (χ0v) is 13.8. The molecule has 2 rings (SSSR count). The van der Waals surface area contributed by atoms with Crippen LogP contribution in [0.2, 0.25) is 0 Å². The van der Waals surface area contributed by atoms with Crippen LogP contribution in [-0.2, 0) is 10.0 Å². The van der Waals surface area contributed by atoms with Crippen LogP contribution in [0.5, 0.6) is 11.5 Å². The van der Waals surface area contributed by atoms with E-state index in [1.165, 1.54) is 45.4 Å². The maximum atomic E-state index is 12.4. The van der Waals surface area contributed by atoms with Crippen molar-refractivity contribution in [3.63, 3.8) is 0 Å². The smallest absolute Gasteiger partial charge is 0.261 e. The van der Waals surface area contributed by atoms with Gasteiger partial charge in [-0.2, -0.15) is 0 Å². The molecule has 0 saturated carbocycles. The maximum absolute atomic E-state index is 12.4. The van der Waals surface area contributed by atoms with Crippen molar-refractivity contribution < 1.29 is 22.7 Å². The van der Waals surface area contributed by atoms with Gasteiger partial charge in [-0.3, -0.25) is 9.52 Å². The first-order valence-corrected chi connectivity index (χ1v) is 8.21. The summed E-state index contributed by atoms with van der Waals surface area (Å²) in [6.07, 6.45) is 0. The van der Waals surface area contributed by atoms with Crippen molar-refractivity contribution in [2.75, 3.05) is 18.9 Å². The number of methoxy groups -OCH3 is 2. The van der Waals surface area contributed by atoms with Crippen molar-refractivity contribution in [2.24, 2.45) is 0 Å². The fourth-order valence-electron chi connectivity index (χ4n) is 1.95. The Balaban J connectivity index is 2.32. The van der Waals surface area contributed by atoms with Gasteiger partial charge >= 0.3 is 0 Å². The van der Waals surface area contributed by atoms with Gasteiger partial charge in [0, 0.05) is 23.8 Å². The van der Waals surface area contributed by atoms with Gasteiger partial charge in [0.2, 0.25) is 0 Å². The monoisotopic (exact) mass is 335 g/mol. The van der Waals surface area contributed by atoms with E-state index in [4.69, 9.17) is 9.47 Å². The predicted octanol–water partition coefficient (Wildman–Crippen LogP) is 2.71. The first-order chi connectivity index (χ1) is 10.9. The third-order valence-electron chi connectivity index (χ3n) is 3.17. The average molecular weight is 335 g/mol. The molecule has 2 aromatic rings. The fourth-order valence-corrected chi connectivity index (χ4v) is 2.99. The molecule has 122 valence electrons. The molecule has 0 aliphatic carbocycles. The topological polar surface area (TPSA) is 81.7 Å². The molecule has 6 nitrogen and oxygen atoms in total. The van der Waals surface area contributed by atoms with Crippen molar-refractivity contribution >= 4 is 21.5 Å². The quantitative estimate of drug-likeness (QED) is 0.821. The molecule has 2 aromatic carbocycles. The Hall–Kier alpha value is -2.54. The normalized spacial score (nSPS) is 10.9. The Labute approximate surface area is 135 Å². The summed E-state index contributed by atoms with van der Waals surface area (Å²) in [5.74, 6) is 0.808. The van der Waals surface area contributed by atoms with Gasteiger partial charge in [0.1, 0.15) is 11.5 Å². The lowest BCUT2D eigenvalue weighted by molar-refractivity contribution is 0.101. The summed E-state index contributed by atoms with van der Waals surface area (Å²) < 4.78 is 37.5. The van der Waals surface area contributed by atoms with Gasteiger partial charge in [0.15, 0.2) is 5.78 Å². The molecule has 0 saturated heterocycles. The highest BCUT2D eigenvalue weighted by atomic mass is 32.2. The lowest BCUT2D eigenvalue weighted by atomic mass is 10.2. The van der Waals surface area contributed by atoms with Crippen LogP contribution >= 0.6 is 0 Å². The predicted molar refractivity (Wildman–Crippen MR) is 86.8 cm³/mol. The van der Waals surface area contributed by atoms with E-state index >= 15 is 0 Å². The van der Waals surface area contributed by atoms with Crippen LogP contribution in [0.3, 0.4) is 0 Å². The van der Waals surface area contributed by atoms with Gasteiger partial charge in [0.05, 0.1) is 24.8 Å². The molecule has 0 spiro atoms. The Morgan fingerprint density at radius 1 is 0.957 bits per heavy atom. The maximum Gasteiger partial charge on any atom is 0.261 e. The average Bonchev–Trinajstić information content (AvgIpc) is 2.54. The second kappa shape index (κ2) is 6.70. The third-order valence-corrected chi connectivity index (χ3v) is 4.57. The van der Waals surface area contributed by atoms with E-state index in [1.54, 1.807) is 18.2 Å². The first-order valence-electron chi connectivity index (χ1n) is 6.72. The number of carbonyl (C=O) groups excluding carboxylic acids is 1. The van der Waals surface area contributed by atoms with Crippen LogP contribution < -0.4 is 14.2 Å². The number of rotatable bonds is 6. The number of carbonyl (C=O) groups is 1. The summed E-state index contributed by atoms with van der Waals surface area (Å²) in [7, 11) is -0.819. The van der Waals surface area contributed by atoms with E-state index in [0.29, 0.717) is 22.7 Å². The molecule has 0 atom stereocenters. The molecule has 23 heavy (non-hydrogen) atoms. The van der Waals surface area contributed by atoms with Crippen LogP contribution in [0.25, 0.3) is 0 Å². The van der Waals surface area contributed by atoms with Crippen molar-refractivity contribution in [1.29, 1.82) is 0 Å². The molecular weight excluding hydrogens is 318 g/mol. The summed E-state index contributed by atoms with van der Waals surface area (Å²) >= 11 is 0. The van der Waals surface area contributed by atoms with Gasteiger partial charge in [-0.15, -0.1) is 0 Å². The minimum absolute atomic E-state index is 0.0595. The van der Waals surface area contributed by atoms with Crippen molar-refractivity contribution in [3.8, 4) is 11.5 Å². The van der Waals surface area contributed by atoms with Crippen LogP contribution in [0.15, 0.2) is 47.4 Å². The second-order valence-corrected chi connectivity index (χ2v) is 6.47. The molecule has 0 aliphatic rings. The first kappa shape index (κ1) is 16.8. The van der Waals surface area contributed by atoms with Crippen molar-refractivity contribution in [2.45, 2.75) is 11.8 Å². The number of hydrogen-bond acceptors (Lipinski definition) is 5. The number of hydrogen-bond donors (Lipinski definition) is 1. The van der Waals surface area contributed by atoms with E-state index in [0.717, 1.165) is 0 Å². The highest BCUT2D eigenvalue weighted by Gasteiger charge is 2.15. The summed E-state index contributed by atoms with van der Waals surface area (Å²) in [5, 5.41) is 0. The van der Waals surface area contributed by atoms with E-state index in [2.05, 4.69) is 4.72 Å². The number of ketones is 1. The van der Waals surface area contributed by atoms with Crippen LogP contribution in [0.1, 0.15) is 17.3 Å². The van der Waals surface area contributed by atoms with Crippen molar-refractivity contribution in [3.05, 3.63) is 48.0 Å². The number of anilines is 1. The molecule has 0 radical (unpaired) electrons. The van der Waals surface area contributed by atoms with Crippen molar-refractivity contribution in [1.82, 2.24) is 0 Å². The largest absolute Gasteiger partial charge is 0.497 e. The molecule has 0 fully saturated rings. The summed E-state index contributed by atoms with van der Waals surface area (Å²) in [6.45, 7) is 1.42. The molecule has 0 aliphatic heterocycles. The zero-order chi connectivity index (χ0) is 17.0. The molecule has 0 heterocycles. The number of ether oxygens (including phenoxy) is 2. The molecule has 0 bridgehead atoms. The highest BCUT2D eigenvalue weighted by molar-refractivity contribution is 7.92. The minimum Gasteiger partial charge on any atom is -0.497 e. The highest BCUT2D eigenvalue weighted by Crippen LogP contribution is 2.27. The second-order valence-electron chi connectivity index (χ2n) is 4.79. The minimum atomic E-state index is -3.78. The molecule has 0 aromatic heterocycles. The Kier molecular flexibility index (Phi) is 4.90. The Morgan fingerprint density at radius 3 is 1.91 bits per heavy atom. The third kappa shape index (κ3) is 4.01. The number of nitrogens with one attached hydrogen (secondary N) is 1. The van der Waals surface area contributed by atoms with Gasteiger partial charge in [-0.05, 0) is 19.1 Å². The fraction of sp³-hybridized carbons (Fsp3) is 0.188. The van der Waals surface area contributed by atoms with Gasteiger partial charge in [0.25, 0.3) is 10.0 Å². The van der Waals surface area contributed by atoms with Gasteiger partial charge < -0.3 is 9.47 Å².